The summed E-state index contributed by atoms with van der Waals surface area (Å²) in [6.07, 6.45) is 3.47. The third kappa shape index (κ3) is 3.64. The molecule has 9 heteroatoms. The first-order valence-electron chi connectivity index (χ1n) is 10.1. The summed E-state index contributed by atoms with van der Waals surface area (Å²) in [7, 11) is -2.17. The SMILES string of the molecule is CNS(=O)(=O)c1cccc(-c2cc3c(Nc4ccc5[nH]ccc5c4C)c(C#N)cnc3s2)c1. The lowest BCUT2D eigenvalue weighted by Crippen LogP contribution is -2.18. The Balaban J connectivity index is 1.64. The molecule has 5 rings (SSSR count). The Morgan fingerprint density at radius 1 is 1.12 bits per heavy atom. The number of thiophene rings is 1. The molecule has 0 spiro atoms. The molecule has 0 atom stereocenters. The number of nitrogens with zero attached hydrogens (tertiary/aromatic N) is 2. The van der Waals surface area contributed by atoms with Crippen LogP contribution >= 0.6 is 11.3 Å². The highest BCUT2D eigenvalue weighted by molar-refractivity contribution is 7.89. The van der Waals surface area contributed by atoms with Crippen molar-refractivity contribution in [3.8, 4) is 16.5 Å². The predicted octanol–water partition coefficient (Wildman–Crippen LogP) is 5.28. The Hall–Kier alpha value is -3.71. The molecule has 0 aliphatic rings. The number of anilines is 2. The summed E-state index contributed by atoms with van der Waals surface area (Å²) in [4.78, 5) is 9.50. The molecular formula is C24H19N5O2S2. The summed E-state index contributed by atoms with van der Waals surface area (Å²) >= 11 is 1.45. The number of sulfonamides is 1. The maximum Gasteiger partial charge on any atom is 0.240 e. The first-order valence-corrected chi connectivity index (χ1v) is 12.4. The second kappa shape index (κ2) is 8.01. The van der Waals surface area contributed by atoms with Crippen molar-refractivity contribution < 1.29 is 8.42 Å². The third-order valence-electron chi connectivity index (χ3n) is 5.64. The highest BCUT2D eigenvalue weighted by atomic mass is 32.2. The van der Waals surface area contributed by atoms with Gasteiger partial charge in [-0.1, -0.05) is 12.1 Å². The van der Waals surface area contributed by atoms with Crippen molar-refractivity contribution >= 4 is 53.9 Å². The first kappa shape index (κ1) is 21.2. The largest absolute Gasteiger partial charge is 0.361 e. The lowest BCUT2D eigenvalue weighted by atomic mass is 10.1. The summed E-state index contributed by atoms with van der Waals surface area (Å²) in [5.74, 6) is 0. The van der Waals surface area contributed by atoms with Gasteiger partial charge in [0.1, 0.15) is 10.9 Å². The molecule has 0 fully saturated rings. The van der Waals surface area contributed by atoms with Crippen LogP contribution in [0, 0.1) is 18.3 Å². The van der Waals surface area contributed by atoms with Gasteiger partial charge >= 0.3 is 0 Å². The number of H-pyrrole nitrogens is 1. The molecule has 164 valence electrons. The molecular weight excluding hydrogens is 454 g/mol. The number of nitriles is 1. The summed E-state index contributed by atoms with van der Waals surface area (Å²) in [5, 5.41) is 15.1. The van der Waals surface area contributed by atoms with Crippen LogP contribution in [0.3, 0.4) is 0 Å². The van der Waals surface area contributed by atoms with Crippen molar-refractivity contribution in [1.29, 1.82) is 5.26 Å². The lowest BCUT2D eigenvalue weighted by molar-refractivity contribution is 0.588. The van der Waals surface area contributed by atoms with E-state index in [0.29, 0.717) is 11.3 Å². The van der Waals surface area contributed by atoms with E-state index in [4.69, 9.17) is 0 Å². The van der Waals surface area contributed by atoms with Gasteiger partial charge in [0.05, 0.1) is 16.1 Å². The van der Waals surface area contributed by atoms with Crippen LogP contribution in [0.5, 0.6) is 0 Å². The average Bonchev–Trinajstić information content (AvgIpc) is 3.49. The minimum absolute atomic E-state index is 0.194. The molecule has 33 heavy (non-hydrogen) atoms. The lowest BCUT2D eigenvalue weighted by Gasteiger charge is -2.12. The van der Waals surface area contributed by atoms with Crippen molar-refractivity contribution in [1.82, 2.24) is 14.7 Å². The van der Waals surface area contributed by atoms with E-state index in [2.05, 4.69) is 26.1 Å². The van der Waals surface area contributed by atoms with Gasteiger partial charge in [-0.25, -0.2) is 18.1 Å². The van der Waals surface area contributed by atoms with E-state index in [0.717, 1.165) is 42.8 Å². The maximum atomic E-state index is 12.2. The van der Waals surface area contributed by atoms with Crippen LogP contribution in [0.25, 0.3) is 31.6 Å². The normalized spacial score (nSPS) is 11.7. The zero-order valence-electron chi connectivity index (χ0n) is 17.8. The second-order valence-electron chi connectivity index (χ2n) is 7.53. The van der Waals surface area contributed by atoms with Crippen molar-refractivity contribution in [2.45, 2.75) is 11.8 Å². The van der Waals surface area contributed by atoms with Crippen LogP contribution in [0.4, 0.5) is 11.4 Å². The van der Waals surface area contributed by atoms with E-state index in [1.54, 1.807) is 24.4 Å². The van der Waals surface area contributed by atoms with Crippen LogP contribution in [0.2, 0.25) is 0 Å². The molecule has 0 bridgehead atoms. The summed E-state index contributed by atoms with van der Waals surface area (Å²) < 4.78 is 26.8. The van der Waals surface area contributed by atoms with Gasteiger partial charge in [-0.15, -0.1) is 11.3 Å². The number of rotatable bonds is 5. The van der Waals surface area contributed by atoms with Crippen LogP contribution in [0.1, 0.15) is 11.1 Å². The van der Waals surface area contributed by atoms with Crippen molar-refractivity contribution in [3.05, 3.63) is 72.1 Å². The van der Waals surface area contributed by atoms with E-state index >= 15 is 0 Å². The Kier molecular flexibility index (Phi) is 5.13. The molecule has 0 radical (unpaired) electrons. The Morgan fingerprint density at radius 3 is 2.76 bits per heavy atom. The Labute approximate surface area is 194 Å². The molecule has 0 saturated heterocycles. The minimum atomic E-state index is -3.56. The smallest absolute Gasteiger partial charge is 0.240 e. The van der Waals surface area contributed by atoms with E-state index in [1.807, 2.05) is 43.5 Å². The van der Waals surface area contributed by atoms with Crippen molar-refractivity contribution in [2.24, 2.45) is 0 Å². The molecule has 0 aliphatic carbocycles. The van der Waals surface area contributed by atoms with Gasteiger partial charge < -0.3 is 10.3 Å². The van der Waals surface area contributed by atoms with Gasteiger partial charge in [-0.05, 0) is 61.5 Å². The molecule has 3 N–H and O–H groups in total. The van der Waals surface area contributed by atoms with Crippen LogP contribution in [-0.2, 0) is 10.0 Å². The van der Waals surface area contributed by atoms with Crippen LogP contribution in [-0.4, -0.2) is 25.4 Å². The molecule has 0 unspecified atom stereocenters. The monoisotopic (exact) mass is 473 g/mol. The topological polar surface area (TPSA) is 111 Å². The molecule has 2 aromatic carbocycles. The van der Waals surface area contributed by atoms with E-state index in [-0.39, 0.29) is 4.90 Å². The fraction of sp³-hybridized carbons (Fsp3) is 0.0833. The number of aromatic amines is 1. The van der Waals surface area contributed by atoms with Gasteiger partial charge in [0, 0.05) is 39.2 Å². The van der Waals surface area contributed by atoms with Crippen molar-refractivity contribution in [2.75, 3.05) is 12.4 Å². The number of nitrogens with one attached hydrogen (secondary N) is 3. The molecule has 5 aromatic rings. The molecule has 3 heterocycles. The molecule has 0 saturated carbocycles. The van der Waals surface area contributed by atoms with Crippen LogP contribution in [0.15, 0.2) is 65.8 Å². The fourth-order valence-electron chi connectivity index (χ4n) is 3.84. The molecule has 0 amide bonds. The molecule has 7 nitrogen and oxygen atoms in total. The number of pyridine rings is 1. The quantitative estimate of drug-likeness (QED) is 0.322. The average molecular weight is 474 g/mol. The Morgan fingerprint density at radius 2 is 1.97 bits per heavy atom. The number of benzene rings is 2. The zero-order chi connectivity index (χ0) is 23.2. The number of aromatic nitrogens is 2. The standard InChI is InChI=1S/C24H19N5O2S2/c1-14-18-8-9-27-21(18)7-6-20(14)29-23-16(12-25)13-28-24-19(23)11-22(32-24)15-4-3-5-17(10-15)33(30,31)26-2/h3-11,13,26-27H,1-2H3,(H,28,29). The third-order valence-corrected chi connectivity index (χ3v) is 8.15. The second-order valence-corrected chi connectivity index (χ2v) is 10.4. The van der Waals surface area contributed by atoms with E-state index in [1.165, 1.54) is 18.4 Å². The van der Waals surface area contributed by atoms with Gasteiger partial charge in [0.2, 0.25) is 10.0 Å². The van der Waals surface area contributed by atoms with E-state index < -0.39 is 10.0 Å². The Bertz CT molecular complexity index is 1680. The van der Waals surface area contributed by atoms with E-state index in [9.17, 15) is 13.7 Å². The number of fused-ring (bicyclic) bond motifs is 2. The van der Waals surface area contributed by atoms with Gasteiger partial charge in [0.15, 0.2) is 0 Å². The highest BCUT2D eigenvalue weighted by Gasteiger charge is 2.17. The summed E-state index contributed by atoms with van der Waals surface area (Å²) in [6, 6.07) is 17.0. The zero-order valence-corrected chi connectivity index (χ0v) is 19.4. The van der Waals surface area contributed by atoms with Gasteiger partial charge in [-0.3, -0.25) is 0 Å². The summed E-state index contributed by atoms with van der Waals surface area (Å²) in [5.41, 5.74) is 4.91. The maximum absolute atomic E-state index is 12.2. The molecule has 0 aliphatic heterocycles. The number of hydrogen-bond donors (Lipinski definition) is 3. The summed E-state index contributed by atoms with van der Waals surface area (Å²) in [6.45, 7) is 2.04. The number of aryl methyl sites for hydroxylation is 1. The first-order chi connectivity index (χ1) is 15.9. The molecule has 3 aromatic heterocycles. The highest BCUT2D eigenvalue weighted by Crippen LogP contribution is 2.39. The minimum Gasteiger partial charge on any atom is -0.361 e. The fourth-order valence-corrected chi connectivity index (χ4v) is 5.62. The predicted molar refractivity (Wildman–Crippen MR) is 132 cm³/mol. The van der Waals surface area contributed by atoms with Crippen LogP contribution < -0.4 is 10.0 Å². The van der Waals surface area contributed by atoms with Crippen molar-refractivity contribution in [3.63, 3.8) is 0 Å². The van der Waals surface area contributed by atoms with Gasteiger partial charge in [-0.2, -0.15) is 5.26 Å². The van der Waals surface area contributed by atoms with Gasteiger partial charge in [0.25, 0.3) is 0 Å². The number of hydrogen-bond acceptors (Lipinski definition) is 6.